The zero-order chi connectivity index (χ0) is 12.1. The molecule has 1 aliphatic heterocycles. The SMILES string of the molecule is CCN1CCC(N(C)C(=O)C(C)OC)CC1. The normalized spacial score (nSPS) is 20.8. The predicted octanol–water partition coefficient (Wildman–Crippen LogP) is 0.964. The number of hydrogen-bond acceptors (Lipinski definition) is 3. The standard InChI is InChI=1S/C12H24N2O2/c1-5-14-8-6-11(7-9-14)13(3)12(15)10(2)16-4/h10-11H,5-9H2,1-4H3. The molecule has 94 valence electrons. The number of likely N-dealkylation sites (tertiary alicyclic amines) is 1. The van der Waals surface area contributed by atoms with Gasteiger partial charge in [-0.1, -0.05) is 6.92 Å². The summed E-state index contributed by atoms with van der Waals surface area (Å²) < 4.78 is 5.06. The van der Waals surface area contributed by atoms with Crippen LogP contribution in [0.2, 0.25) is 0 Å². The average molecular weight is 228 g/mol. The third-order valence-corrected chi connectivity index (χ3v) is 3.60. The average Bonchev–Trinajstić information content (AvgIpc) is 2.36. The third kappa shape index (κ3) is 3.19. The van der Waals surface area contributed by atoms with Gasteiger partial charge in [0.05, 0.1) is 0 Å². The molecule has 0 aromatic heterocycles. The molecular weight excluding hydrogens is 204 g/mol. The Labute approximate surface area is 98.5 Å². The molecule has 1 rings (SSSR count). The molecule has 0 radical (unpaired) electrons. The lowest BCUT2D eigenvalue weighted by Gasteiger charge is -2.37. The maximum atomic E-state index is 11.9. The topological polar surface area (TPSA) is 32.8 Å². The summed E-state index contributed by atoms with van der Waals surface area (Å²) in [6.45, 7) is 7.29. The van der Waals surface area contributed by atoms with Crippen LogP contribution >= 0.6 is 0 Å². The molecule has 1 atom stereocenters. The van der Waals surface area contributed by atoms with Crippen molar-refractivity contribution in [2.75, 3.05) is 33.8 Å². The number of amides is 1. The highest BCUT2D eigenvalue weighted by Gasteiger charge is 2.27. The van der Waals surface area contributed by atoms with E-state index in [1.807, 2.05) is 11.9 Å². The Kier molecular flexibility index (Phi) is 5.22. The Morgan fingerprint density at radius 2 is 2.06 bits per heavy atom. The minimum absolute atomic E-state index is 0.0949. The number of ether oxygens (including phenoxy) is 1. The van der Waals surface area contributed by atoms with Gasteiger partial charge in [0.15, 0.2) is 0 Å². The molecule has 0 spiro atoms. The lowest BCUT2D eigenvalue weighted by molar-refractivity contribution is -0.142. The van der Waals surface area contributed by atoms with Gasteiger partial charge in [0.25, 0.3) is 5.91 Å². The molecule has 0 saturated carbocycles. The first-order valence-electron chi connectivity index (χ1n) is 6.12. The Bertz CT molecular complexity index is 225. The van der Waals surface area contributed by atoms with Crippen LogP contribution in [0.25, 0.3) is 0 Å². The van der Waals surface area contributed by atoms with Gasteiger partial charge in [0.2, 0.25) is 0 Å². The molecule has 1 amide bonds. The summed E-state index contributed by atoms with van der Waals surface area (Å²) in [6.07, 6.45) is 1.83. The van der Waals surface area contributed by atoms with Crippen LogP contribution in [0.15, 0.2) is 0 Å². The summed E-state index contributed by atoms with van der Waals surface area (Å²) in [7, 11) is 3.47. The summed E-state index contributed by atoms with van der Waals surface area (Å²) in [5.41, 5.74) is 0. The number of carbonyl (C=O) groups is 1. The summed E-state index contributed by atoms with van der Waals surface area (Å²) in [5, 5.41) is 0. The van der Waals surface area contributed by atoms with Gasteiger partial charge in [-0.15, -0.1) is 0 Å². The summed E-state index contributed by atoms with van der Waals surface area (Å²) in [5.74, 6) is 0.0949. The fourth-order valence-corrected chi connectivity index (χ4v) is 2.19. The molecule has 1 unspecified atom stereocenters. The van der Waals surface area contributed by atoms with Crippen LogP contribution < -0.4 is 0 Å². The Morgan fingerprint density at radius 1 is 1.50 bits per heavy atom. The first-order valence-corrected chi connectivity index (χ1v) is 6.12. The second-order valence-corrected chi connectivity index (χ2v) is 4.49. The largest absolute Gasteiger partial charge is 0.372 e. The number of likely N-dealkylation sites (N-methyl/N-ethyl adjacent to an activating group) is 1. The fraction of sp³-hybridized carbons (Fsp3) is 0.917. The van der Waals surface area contributed by atoms with Crippen molar-refractivity contribution in [3.63, 3.8) is 0 Å². The predicted molar refractivity (Wildman–Crippen MR) is 64.4 cm³/mol. The highest BCUT2D eigenvalue weighted by atomic mass is 16.5. The first kappa shape index (κ1) is 13.5. The summed E-state index contributed by atoms with van der Waals surface area (Å²) >= 11 is 0. The van der Waals surface area contributed by atoms with Crippen LogP contribution in [0, 0.1) is 0 Å². The molecule has 1 aliphatic rings. The molecule has 0 aromatic rings. The number of methoxy groups -OCH3 is 1. The molecular formula is C12H24N2O2. The van der Waals surface area contributed by atoms with Gasteiger partial charge in [-0.05, 0) is 26.3 Å². The molecule has 4 nitrogen and oxygen atoms in total. The number of piperidine rings is 1. The van der Waals surface area contributed by atoms with E-state index in [1.165, 1.54) is 0 Å². The van der Waals surface area contributed by atoms with Crippen LogP contribution in [0.5, 0.6) is 0 Å². The van der Waals surface area contributed by atoms with Gasteiger partial charge in [0.1, 0.15) is 6.10 Å². The first-order chi connectivity index (χ1) is 7.60. The van der Waals surface area contributed by atoms with E-state index in [2.05, 4.69) is 11.8 Å². The quantitative estimate of drug-likeness (QED) is 0.718. The molecule has 1 heterocycles. The molecule has 0 aromatic carbocycles. The minimum atomic E-state index is -0.325. The lowest BCUT2D eigenvalue weighted by Crippen LogP contribution is -2.48. The molecule has 0 aliphatic carbocycles. The zero-order valence-electron chi connectivity index (χ0n) is 10.9. The highest BCUT2D eigenvalue weighted by Crippen LogP contribution is 2.16. The van der Waals surface area contributed by atoms with Gasteiger partial charge in [-0.2, -0.15) is 0 Å². The van der Waals surface area contributed by atoms with Crippen LogP contribution in [-0.2, 0) is 9.53 Å². The van der Waals surface area contributed by atoms with Crippen molar-refractivity contribution in [2.24, 2.45) is 0 Å². The van der Waals surface area contributed by atoms with E-state index in [0.29, 0.717) is 6.04 Å². The van der Waals surface area contributed by atoms with Crippen LogP contribution in [0.1, 0.15) is 26.7 Å². The van der Waals surface area contributed by atoms with Gasteiger partial charge in [-0.25, -0.2) is 0 Å². The van der Waals surface area contributed by atoms with E-state index < -0.39 is 0 Å². The van der Waals surface area contributed by atoms with Gasteiger partial charge >= 0.3 is 0 Å². The van der Waals surface area contributed by atoms with Crippen molar-refractivity contribution in [3.05, 3.63) is 0 Å². The lowest BCUT2D eigenvalue weighted by atomic mass is 10.0. The molecule has 1 saturated heterocycles. The van der Waals surface area contributed by atoms with E-state index in [0.717, 1.165) is 32.5 Å². The van der Waals surface area contributed by atoms with Crippen LogP contribution in [0.3, 0.4) is 0 Å². The van der Waals surface area contributed by atoms with Crippen molar-refractivity contribution in [3.8, 4) is 0 Å². The van der Waals surface area contributed by atoms with E-state index in [1.54, 1.807) is 14.0 Å². The van der Waals surface area contributed by atoms with Crippen molar-refractivity contribution in [1.29, 1.82) is 0 Å². The van der Waals surface area contributed by atoms with E-state index in [4.69, 9.17) is 4.74 Å². The molecule has 0 N–H and O–H groups in total. The third-order valence-electron chi connectivity index (χ3n) is 3.60. The van der Waals surface area contributed by atoms with Crippen LogP contribution in [0.4, 0.5) is 0 Å². The molecule has 16 heavy (non-hydrogen) atoms. The van der Waals surface area contributed by atoms with E-state index in [-0.39, 0.29) is 12.0 Å². The highest BCUT2D eigenvalue weighted by molar-refractivity contribution is 5.80. The van der Waals surface area contributed by atoms with Crippen LogP contribution in [-0.4, -0.2) is 61.6 Å². The maximum Gasteiger partial charge on any atom is 0.251 e. The van der Waals surface area contributed by atoms with Gasteiger partial charge in [-0.3, -0.25) is 4.79 Å². The maximum absolute atomic E-state index is 11.9. The molecule has 1 fully saturated rings. The minimum Gasteiger partial charge on any atom is -0.372 e. The van der Waals surface area contributed by atoms with Crippen molar-refractivity contribution in [1.82, 2.24) is 9.80 Å². The molecule has 0 bridgehead atoms. The number of nitrogens with zero attached hydrogens (tertiary/aromatic N) is 2. The van der Waals surface area contributed by atoms with Gasteiger partial charge in [0, 0.05) is 33.3 Å². The molecule has 4 heteroatoms. The van der Waals surface area contributed by atoms with Gasteiger partial charge < -0.3 is 14.5 Å². The Hall–Kier alpha value is -0.610. The van der Waals surface area contributed by atoms with E-state index in [9.17, 15) is 4.79 Å². The van der Waals surface area contributed by atoms with E-state index >= 15 is 0 Å². The Balaban J connectivity index is 2.43. The fourth-order valence-electron chi connectivity index (χ4n) is 2.19. The monoisotopic (exact) mass is 228 g/mol. The number of rotatable bonds is 4. The second-order valence-electron chi connectivity index (χ2n) is 4.49. The number of hydrogen-bond donors (Lipinski definition) is 0. The zero-order valence-corrected chi connectivity index (χ0v) is 10.9. The summed E-state index contributed by atoms with van der Waals surface area (Å²) in [4.78, 5) is 16.2. The van der Waals surface area contributed by atoms with Crippen molar-refractivity contribution < 1.29 is 9.53 Å². The second kappa shape index (κ2) is 6.21. The van der Waals surface area contributed by atoms with Crippen molar-refractivity contribution in [2.45, 2.75) is 38.8 Å². The smallest absolute Gasteiger partial charge is 0.251 e. The summed E-state index contributed by atoms with van der Waals surface area (Å²) in [6, 6.07) is 0.382. The Morgan fingerprint density at radius 3 is 2.50 bits per heavy atom. The number of carbonyl (C=O) groups excluding carboxylic acids is 1. The van der Waals surface area contributed by atoms with Crippen molar-refractivity contribution >= 4 is 5.91 Å².